The summed E-state index contributed by atoms with van der Waals surface area (Å²) in [5, 5.41) is 9.61. The monoisotopic (exact) mass is 921 g/mol. The van der Waals surface area contributed by atoms with Crippen molar-refractivity contribution in [3.8, 4) is 45.3 Å². The second-order valence-corrected chi connectivity index (χ2v) is 18.0. The van der Waals surface area contributed by atoms with Crippen LogP contribution in [0.5, 0.6) is 23.0 Å². The van der Waals surface area contributed by atoms with Crippen molar-refractivity contribution in [2.24, 2.45) is 15.2 Å². The Morgan fingerprint density at radius 1 is 0.592 bits per heavy atom. The number of aliphatic imine (C=N–C) groups is 1. The first kappa shape index (κ1) is 44.6. The summed E-state index contributed by atoms with van der Waals surface area (Å²) in [6.45, 7) is 7.56. The van der Waals surface area contributed by atoms with Gasteiger partial charge in [0.05, 0.1) is 5.41 Å². The van der Waals surface area contributed by atoms with Gasteiger partial charge in [-0.15, -0.1) is 0 Å². The van der Waals surface area contributed by atoms with E-state index in [1.807, 2.05) is 54.8 Å². The Kier molecular flexibility index (Phi) is 12.1. The Hall–Kier alpha value is -8.87. The van der Waals surface area contributed by atoms with Crippen LogP contribution in [0.2, 0.25) is 0 Å². The number of para-hydroxylation sites is 2. The van der Waals surface area contributed by atoms with E-state index in [0.29, 0.717) is 17.2 Å². The molecule has 0 bridgehead atoms. The molecule has 0 N–H and O–H groups in total. The van der Waals surface area contributed by atoms with E-state index in [9.17, 15) is 0 Å². The lowest BCUT2D eigenvalue weighted by Crippen LogP contribution is -2.29. The van der Waals surface area contributed by atoms with Crippen LogP contribution >= 0.6 is 0 Å². The minimum atomic E-state index is -0.598. The number of allylic oxidation sites excluding steroid dienone is 8. The molecule has 0 saturated carbocycles. The van der Waals surface area contributed by atoms with Gasteiger partial charge < -0.3 is 13.9 Å². The molecule has 8 aromatic carbocycles. The van der Waals surface area contributed by atoms with Gasteiger partial charge in [-0.25, -0.2) is 0 Å². The smallest absolute Gasteiger partial charge is 0.178 e. The van der Waals surface area contributed by atoms with Crippen molar-refractivity contribution in [2.45, 2.75) is 37.6 Å². The normalized spacial score (nSPS) is 16.5. The van der Waals surface area contributed by atoms with Gasteiger partial charge in [-0.1, -0.05) is 188 Å². The average molecular weight is 922 g/mol. The topological polar surface area (TPSA) is 68.7 Å². The van der Waals surface area contributed by atoms with Gasteiger partial charge in [0.15, 0.2) is 23.0 Å². The summed E-state index contributed by atoms with van der Waals surface area (Å²) >= 11 is 0. The van der Waals surface area contributed by atoms with Crippen molar-refractivity contribution in [3.63, 3.8) is 0 Å². The SMILES string of the molecule is C=N\N=C/C=C\C=C\C=NC(C)(c1ccccc1)c1ccc(-c2ccc3c(c2)Oc2ccc4c(c2O3)-c2ccccc2C4(C2=CCCC=C2)c2ccccc2)cc1.Cc1cccc2c1oc1ccccc12. The van der Waals surface area contributed by atoms with E-state index in [0.717, 1.165) is 57.6 Å². The van der Waals surface area contributed by atoms with Crippen LogP contribution in [0.25, 0.3) is 44.2 Å². The van der Waals surface area contributed by atoms with E-state index in [4.69, 9.17) is 18.9 Å². The third-order valence-corrected chi connectivity index (χ3v) is 13.8. The summed E-state index contributed by atoms with van der Waals surface area (Å²) < 4.78 is 19.4. The van der Waals surface area contributed by atoms with Gasteiger partial charge in [0.2, 0.25) is 0 Å². The summed E-state index contributed by atoms with van der Waals surface area (Å²) in [7, 11) is 0. The minimum Gasteiger partial charge on any atom is -0.456 e. The molecule has 0 radical (unpaired) electrons. The lowest BCUT2D eigenvalue weighted by atomic mass is 9.66. The Morgan fingerprint density at radius 2 is 1.30 bits per heavy atom. The summed E-state index contributed by atoms with van der Waals surface area (Å²) in [6, 6.07) is 63.6. The Bertz CT molecular complexity index is 3640. The van der Waals surface area contributed by atoms with Crippen molar-refractivity contribution in [1.29, 1.82) is 0 Å². The van der Waals surface area contributed by atoms with Crippen LogP contribution < -0.4 is 9.47 Å². The van der Waals surface area contributed by atoms with Crippen LogP contribution in [0.3, 0.4) is 0 Å². The zero-order chi connectivity index (χ0) is 48.2. The van der Waals surface area contributed by atoms with Gasteiger partial charge in [-0.2, -0.15) is 10.2 Å². The van der Waals surface area contributed by atoms with Gasteiger partial charge in [0.25, 0.3) is 0 Å². The molecule has 12 rings (SSSR count). The number of fused-ring (bicyclic) bond motifs is 9. The Balaban J connectivity index is 0.000000332. The van der Waals surface area contributed by atoms with Gasteiger partial charge in [-0.05, 0) is 119 Å². The highest BCUT2D eigenvalue weighted by Crippen LogP contribution is 2.63. The van der Waals surface area contributed by atoms with Gasteiger partial charge >= 0.3 is 0 Å². The highest BCUT2D eigenvalue weighted by Gasteiger charge is 2.49. The molecule has 1 aromatic heterocycles. The second-order valence-electron chi connectivity index (χ2n) is 18.0. The predicted molar refractivity (Wildman–Crippen MR) is 293 cm³/mol. The maximum Gasteiger partial charge on any atom is 0.178 e. The van der Waals surface area contributed by atoms with Crippen molar-refractivity contribution in [1.82, 2.24) is 0 Å². The molecule has 0 saturated heterocycles. The van der Waals surface area contributed by atoms with Crippen LogP contribution in [-0.4, -0.2) is 19.1 Å². The van der Waals surface area contributed by atoms with Crippen LogP contribution in [0.15, 0.2) is 250 Å². The largest absolute Gasteiger partial charge is 0.456 e. The molecule has 344 valence electrons. The Labute approximate surface area is 414 Å². The van der Waals surface area contributed by atoms with Crippen molar-refractivity contribution >= 4 is 41.1 Å². The molecule has 0 amide bonds. The first-order valence-corrected chi connectivity index (χ1v) is 24.1. The van der Waals surface area contributed by atoms with Gasteiger partial charge in [-0.3, -0.25) is 4.99 Å². The zero-order valence-electron chi connectivity index (χ0n) is 39.7. The lowest BCUT2D eigenvalue weighted by molar-refractivity contribution is 0.360. The van der Waals surface area contributed by atoms with Crippen molar-refractivity contribution < 1.29 is 13.9 Å². The number of hydrogen-bond acceptors (Lipinski definition) is 6. The highest BCUT2D eigenvalue weighted by molar-refractivity contribution is 6.05. The van der Waals surface area contributed by atoms with E-state index < -0.39 is 11.0 Å². The van der Waals surface area contributed by atoms with Crippen molar-refractivity contribution in [2.75, 3.05) is 0 Å². The maximum atomic E-state index is 6.88. The number of furan rings is 1. The molecule has 3 aliphatic rings. The predicted octanol–water partition coefficient (Wildman–Crippen LogP) is 16.9. The van der Waals surface area contributed by atoms with Crippen LogP contribution in [-0.2, 0) is 11.0 Å². The van der Waals surface area contributed by atoms with E-state index in [2.05, 4.69) is 201 Å². The van der Waals surface area contributed by atoms with Crippen LogP contribution in [0.1, 0.15) is 53.1 Å². The number of nitrogens with zero attached hydrogens (tertiary/aromatic N) is 3. The molecular formula is C65H51N3O3. The molecule has 9 aromatic rings. The molecule has 2 heterocycles. The summed E-state index contributed by atoms with van der Waals surface area (Å²) in [5.41, 5.74) is 13.7. The second kappa shape index (κ2) is 19.3. The molecule has 1 aliphatic heterocycles. The first-order valence-electron chi connectivity index (χ1n) is 24.1. The summed E-state index contributed by atoms with van der Waals surface area (Å²) in [6.07, 6.45) is 20.0. The van der Waals surface area contributed by atoms with Crippen LogP contribution in [0.4, 0.5) is 0 Å². The number of aryl methyl sites for hydroxylation is 1. The number of rotatable bonds is 10. The maximum absolute atomic E-state index is 6.88. The molecule has 2 unspecified atom stereocenters. The van der Waals surface area contributed by atoms with E-state index in [-0.39, 0.29) is 0 Å². The molecule has 6 nitrogen and oxygen atoms in total. The quantitative estimate of drug-likeness (QED) is 0.0779. The molecule has 71 heavy (non-hydrogen) atoms. The fraction of sp³-hybridized carbons (Fsp3) is 0.0923. The van der Waals surface area contributed by atoms with Crippen molar-refractivity contribution in [3.05, 3.63) is 263 Å². The highest BCUT2D eigenvalue weighted by atomic mass is 16.6. The van der Waals surface area contributed by atoms with E-state index >= 15 is 0 Å². The van der Waals surface area contributed by atoms with Gasteiger partial charge in [0, 0.05) is 35.5 Å². The fourth-order valence-corrected chi connectivity index (χ4v) is 10.4. The lowest BCUT2D eigenvalue weighted by Gasteiger charge is -2.36. The summed E-state index contributed by atoms with van der Waals surface area (Å²) in [4.78, 5) is 5.05. The standard InChI is InChI=1S/C52H41N3O2.C13H10O/c1-51(39-18-8-5-9-19-39,54-34-16-3-4-17-35-55-53-2)40-29-26-37(27-30-40)38-28-32-46-48(36-38)56-47-33-31-45-49(50(47)57-46)43-24-14-15-25-44(43)52(45,41-20-10-6-11-21-41)42-22-12-7-13-23-42;1-9-5-4-7-11-10-6-2-3-8-12(10)14-13(9)11/h3-6,8-12,14-36H,2,7,13H2,1H3;2-8H,1H3/b16-3+,17-4-,54-34?,55-35-;. The van der Waals surface area contributed by atoms with Crippen LogP contribution in [0, 0.1) is 6.92 Å². The first-order chi connectivity index (χ1) is 35.0. The molecule has 2 aliphatic carbocycles. The average Bonchev–Trinajstić information content (AvgIpc) is 3.97. The molecule has 2 atom stereocenters. The molecular weight excluding hydrogens is 871 g/mol. The molecule has 0 fully saturated rings. The number of hydrogen-bond donors (Lipinski definition) is 0. The number of ether oxygens (including phenoxy) is 2. The molecule has 6 heteroatoms. The number of benzene rings is 8. The summed E-state index contributed by atoms with van der Waals surface area (Å²) in [5.74, 6) is 2.85. The third-order valence-electron chi connectivity index (χ3n) is 13.8. The van der Waals surface area contributed by atoms with E-state index in [1.54, 1.807) is 12.3 Å². The van der Waals surface area contributed by atoms with E-state index in [1.165, 1.54) is 44.2 Å². The minimum absolute atomic E-state index is 0.465. The Morgan fingerprint density at radius 3 is 2.10 bits per heavy atom. The zero-order valence-corrected chi connectivity index (χ0v) is 39.7. The van der Waals surface area contributed by atoms with Gasteiger partial charge in [0.1, 0.15) is 16.7 Å². The fourth-order valence-electron chi connectivity index (χ4n) is 10.4. The third kappa shape index (κ3) is 8.13. The molecule has 0 spiro atoms.